The van der Waals surface area contributed by atoms with E-state index in [1.807, 2.05) is 18.2 Å². The number of methoxy groups -OCH3 is 1. The van der Waals surface area contributed by atoms with Gasteiger partial charge in [-0.05, 0) is 42.0 Å². The maximum atomic E-state index is 12.4. The van der Waals surface area contributed by atoms with Crippen LogP contribution in [0.3, 0.4) is 0 Å². The zero-order valence-electron chi connectivity index (χ0n) is 10.7. The molecule has 0 spiro atoms. The van der Waals surface area contributed by atoms with Crippen molar-refractivity contribution in [3.63, 3.8) is 0 Å². The second-order valence-corrected chi connectivity index (χ2v) is 6.84. The summed E-state index contributed by atoms with van der Waals surface area (Å²) in [6, 6.07) is 10.5. The van der Waals surface area contributed by atoms with Gasteiger partial charge in [-0.2, -0.15) is 0 Å². The predicted molar refractivity (Wildman–Crippen MR) is 86.7 cm³/mol. The lowest BCUT2D eigenvalue weighted by molar-refractivity contribution is 0.414. The summed E-state index contributed by atoms with van der Waals surface area (Å²) in [4.78, 5) is 0.548. The second kappa shape index (κ2) is 6.61. The van der Waals surface area contributed by atoms with Gasteiger partial charge in [0, 0.05) is 15.2 Å². The van der Waals surface area contributed by atoms with Crippen molar-refractivity contribution in [2.45, 2.75) is 10.6 Å². The van der Waals surface area contributed by atoms with Gasteiger partial charge in [-0.3, -0.25) is 4.21 Å². The Morgan fingerprint density at radius 3 is 2.75 bits per heavy atom. The van der Waals surface area contributed by atoms with Crippen molar-refractivity contribution in [2.75, 3.05) is 12.8 Å². The first kappa shape index (κ1) is 15.4. The number of halogens is 2. The van der Waals surface area contributed by atoms with Crippen molar-refractivity contribution in [1.29, 1.82) is 0 Å². The molecule has 0 heterocycles. The van der Waals surface area contributed by atoms with Gasteiger partial charge in [-0.25, -0.2) is 0 Å². The number of ether oxygens (including phenoxy) is 1. The van der Waals surface area contributed by atoms with Crippen LogP contribution in [0.25, 0.3) is 0 Å². The molecule has 1 unspecified atom stereocenters. The molecule has 20 heavy (non-hydrogen) atoms. The summed E-state index contributed by atoms with van der Waals surface area (Å²) in [7, 11) is 0.324. The SMILES string of the molecule is COc1ccc(Br)c(CS(=O)c2cc(Cl)ccc2N)c1. The first-order valence-corrected chi connectivity index (χ1v) is 8.26. The molecule has 0 bridgehead atoms. The van der Waals surface area contributed by atoms with E-state index in [9.17, 15) is 4.21 Å². The van der Waals surface area contributed by atoms with Crippen LogP contribution in [0, 0.1) is 0 Å². The van der Waals surface area contributed by atoms with Crippen LogP contribution in [-0.2, 0) is 16.6 Å². The third-order valence-electron chi connectivity index (χ3n) is 2.76. The Hall–Kier alpha value is -1.04. The van der Waals surface area contributed by atoms with Gasteiger partial charge in [0.15, 0.2) is 0 Å². The van der Waals surface area contributed by atoms with E-state index in [-0.39, 0.29) is 0 Å². The number of nitrogen functional groups attached to an aromatic ring is 1. The average Bonchev–Trinajstić information content (AvgIpc) is 2.43. The highest BCUT2D eigenvalue weighted by molar-refractivity contribution is 9.10. The fourth-order valence-corrected chi connectivity index (χ4v) is 3.79. The summed E-state index contributed by atoms with van der Waals surface area (Å²) in [6.45, 7) is 0. The van der Waals surface area contributed by atoms with Gasteiger partial charge in [0.25, 0.3) is 0 Å². The topological polar surface area (TPSA) is 52.3 Å². The standard InChI is InChI=1S/C14H13BrClNO2S/c1-19-11-3-4-12(15)9(6-11)8-20(18)14-7-10(16)2-5-13(14)17/h2-7H,8,17H2,1H3. The van der Waals surface area contributed by atoms with Gasteiger partial charge in [0.2, 0.25) is 0 Å². The maximum absolute atomic E-state index is 12.4. The van der Waals surface area contributed by atoms with E-state index in [4.69, 9.17) is 22.1 Å². The van der Waals surface area contributed by atoms with Crippen LogP contribution in [-0.4, -0.2) is 11.3 Å². The zero-order chi connectivity index (χ0) is 14.7. The molecule has 106 valence electrons. The quantitative estimate of drug-likeness (QED) is 0.823. The minimum atomic E-state index is -1.27. The molecule has 0 aliphatic carbocycles. The molecule has 0 aliphatic rings. The van der Waals surface area contributed by atoms with Crippen molar-refractivity contribution in [2.24, 2.45) is 0 Å². The molecule has 0 radical (unpaired) electrons. The molecule has 0 aromatic heterocycles. The molecule has 3 nitrogen and oxygen atoms in total. The summed E-state index contributed by atoms with van der Waals surface area (Å²) >= 11 is 9.37. The minimum Gasteiger partial charge on any atom is -0.497 e. The van der Waals surface area contributed by atoms with Crippen molar-refractivity contribution < 1.29 is 8.95 Å². The van der Waals surface area contributed by atoms with Crippen molar-refractivity contribution in [1.82, 2.24) is 0 Å². The fourth-order valence-electron chi connectivity index (χ4n) is 1.71. The molecule has 0 fully saturated rings. The molecular formula is C14H13BrClNO2S. The Morgan fingerprint density at radius 2 is 2.05 bits per heavy atom. The highest BCUT2D eigenvalue weighted by atomic mass is 79.9. The van der Waals surface area contributed by atoms with Crippen LogP contribution in [0.5, 0.6) is 5.75 Å². The first-order valence-electron chi connectivity index (χ1n) is 5.77. The minimum absolute atomic E-state index is 0.336. The van der Waals surface area contributed by atoms with Gasteiger partial charge in [-0.15, -0.1) is 0 Å². The van der Waals surface area contributed by atoms with E-state index < -0.39 is 10.8 Å². The van der Waals surface area contributed by atoms with Crippen molar-refractivity contribution >= 4 is 44.0 Å². The summed E-state index contributed by atoms with van der Waals surface area (Å²) in [5.41, 5.74) is 7.22. The highest BCUT2D eigenvalue weighted by Gasteiger charge is 2.12. The molecule has 2 rings (SSSR count). The van der Waals surface area contributed by atoms with E-state index in [0.29, 0.717) is 21.4 Å². The van der Waals surface area contributed by atoms with Crippen LogP contribution in [0.1, 0.15) is 5.56 Å². The number of nitrogens with two attached hydrogens (primary N) is 1. The van der Waals surface area contributed by atoms with Crippen LogP contribution < -0.4 is 10.5 Å². The van der Waals surface area contributed by atoms with Crippen LogP contribution in [0.15, 0.2) is 45.8 Å². The van der Waals surface area contributed by atoms with Crippen molar-refractivity contribution in [3.05, 3.63) is 51.5 Å². The summed E-state index contributed by atoms with van der Waals surface area (Å²) < 4.78 is 18.5. The van der Waals surface area contributed by atoms with E-state index >= 15 is 0 Å². The second-order valence-electron chi connectivity index (χ2n) is 4.13. The lowest BCUT2D eigenvalue weighted by Crippen LogP contribution is -2.02. The number of benzene rings is 2. The Labute approximate surface area is 133 Å². The number of hydrogen-bond donors (Lipinski definition) is 1. The monoisotopic (exact) mass is 373 g/mol. The fraction of sp³-hybridized carbons (Fsp3) is 0.143. The van der Waals surface area contributed by atoms with Gasteiger partial charge >= 0.3 is 0 Å². The maximum Gasteiger partial charge on any atom is 0.119 e. The molecule has 2 N–H and O–H groups in total. The molecular weight excluding hydrogens is 362 g/mol. The first-order chi connectivity index (χ1) is 9.51. The molecule has 2 aromatic carbocycles. The molecule has 2 aromatic rings. The lowest BCUT2D eigenvalue weighted by atomic mass is 10.2. The summed E-state index contributed by atoms with van der Waals surface area (Å²) in [6.07, 6.45) is 0. The molecule has 0 saturated heterocycles. The number of hydrogen-bond acceptors (Lipinski definition) is 3. The molecule has 6 heteroatoms. The Morgan fingerprint density at radius 1 is 1.30 bits per heavy atom. The normalized spacial score (nSPS) is 12.2. The lowest BCUT2D eigenvalue weighted by Gasteiger charge is -2.09. The van der Waals surface area contributed by atoms with E-state index in [0.717, 1.165) is 15.8 Å². The molecule has 0 aliphatic heterocycles. The van der Waals surface area contributed by atoms with E-state index in [2.05, 4.69) is 15.9 Å². The summed E-state index contributed by atoms with van der Waals surface area (Å²) in [5.74, 6) is 1.06. The van der Waals surface area contributed by atoms with E-state index in [1.165, 1.54) is 0 Å². The molecule has 0 amide bonds. The highest BCUT2D eigenvalue weighted by Crippen LogP contribution is 2.27. The van der Waals surface area contributed by atoms with E-state index in [1.54, 1.807) is 25.3 Å². The largest absolute Gasteiger partial charge is 0.497 e. The van der Waals surface area contributed by atoms with Crippen molar-refractivity contribution in [3.8, 4) is 5.75 Å². The summed E-state index contributed by atoms with van der Waals surface area (Å²) in [5, 5.41) is 0.521. The number of anilines is 1. The smallest absolute Gasteiger partial charge is 0.119 e. The Balaban J connectivity index is 2.30. The van der Waals surface area contributed by atoms with Gasteiger partial charge < -0.3 is 10.5 Å². The molecule has 0 saturated carbocycles. The third-order valence-corrected chi connectivity index (χ3v) is 5.19. The Kier molecular flexibility index (Phi) is 5.07. The van der Waals surface area contributed by atoms with Crippen LogP contribution in [0.4, 0.5) is 5.69 Å². The molecule has 1 atom stereocenters. The third kappa shape index (κ3) is 3.53. The predicted octanol–water partition coefficient (Wildman–Crippen LogP) is 4.00. The van der Waals surface area contributed by atoms with Gasteiger partial charge in [0.05, 0.1) is 28.6 Å². The van der Waals surface area contributed by atoms with Crippen LogP contribution in [0.2, 0.25) is 5.02 Å². The van der Waals surface area contributed by atoms with Crippen LogP contribution >= 0.6 is 27.5 Å². The van der Waals surface area contributed by atoms with Gasteiger partial charge in [-0.1, -0.05) is 27.5 Å². The Bertz CT molecular complexity index is 664. The zero-order valence-corrected chi connectivity index (χ0v) is 13.9. The average molecular weight is 375 g/mol. The number of rotatable bonds is 4. The van der Waals surface area contributed by atoms with Gasteiger partial charge in [0.1, 0.15) is 5.75 Å².